The van der Waals surface area contributed by atoms with Crippen LogP contribution >= 0.6 is 0 Å². The van der Waals surface area contributed by atoms with E-state index in [4.69, 9.17) is 14.2 Å². The number of ether oxygens (including phenoxy) is 3. The van der Waals surface area contributed by atoms with E-state index in [-0.39, 0.29) is 18.6 Å². The second-order valence-corrected chi connectivity index (χ2v) is 4.81. The molecule has 0 saturated carbocycles. The molecule has 5 nitrogen and oxygen atoms in total. The maximum absolute atomic E-state index is 11.7. The minimum atomic E-state index is 0.0513. The number of benzene rings is 1. The van der Waals surface area contributed by atoms with Gasteiger partial charge in [-0.15, -0.1) is 0 Å². The summed E-state index contributed by atoms with van der Waals surface area (Å²) >= 11 is 0. The lowest BCUT2D eigenvalue weighted by atomic mass is 10.1. The number of rotatable bonds is 5. The van der Waals surface area contributed by atoms with Gasteiger partial charge in [0.2, 0.25) is 5.91 Å². The third-order valence-electron chi connectivity index (χ3n) is 3.42. The predicted octanol–water partition coefficient (Wildman–Crippen LogP) is 1.71. The summed E-state index contributed by atoms with van der Waals surface area (Å²) in [6.07, 6.45) is 1.86. The lowest BCUT2D eigenvalue weighted by Gasteiger charge is -2.32. The smallest absolute Gasteiger partial charge is 0.248 e. The molecule has 1 amide bonds. The van der Waals surface area contributed by atoms with E-state index in [9.17, 15) is 4.79 Å². The number of methoxy groups -OCH3 is 2. The zero-order chi connectivity index (χ0) is 14.4. The normalized spacial score (nSPS) is 16.0. The van der Waals surface area contributed by atoms with Crippen LogP contribution in [0, 0.1) is 0 Å². The third kappa shape index (κ3) is 3.87. The van der Waals surface area contributed by atoms with E-state index in [2.05, 4.69) is 0 Å². The molecule has 1 aliphatic rings. The van der Waals surface area contributed by atoms with E-state index in [1.54, 1.807) is 7.11 Å². The minimum Gasteiger partial charge on any atom is -0.497 e. The quantitative estimate of drug-likeness (QED) is 0.823. The first-order valence-corrected chi connectivity index (χ1v) is 6.80. The van der Waals surface area contributed by atoms with Crippen LogP contribution in [0.25, 0.3) is 0 Å². The second kappa shape index (κ2) is 7.14. The Hall–Kier alpha value is -1.75. The van der Waals surface area contributed by atoms with Crippen LogP contribution in [0.1, 0.15) is 12.8 Å². The molecule has 0 atom stereocenters. The third-order valence-corrected chi connectivity index (χ3v) is 3.42. The average molecular weight is 279 g/mol. The molecule has 5 heteroatoms. The minimum absolute atomic E-state index is 0.0513. The molecule has 0 aliphatic carbocycles. The van der Waals surface area contributed by atoms with Crippen LogP contribution in [-0.2, 0) is 9.53 Å². The standard InChI is InChI=1S/C15H21NO4/c1-18-11-15(17)16-9-7-14(8-10-16)20-13-5-3-12(19-2)4-6-13/h3-6,14H,7-11H2,1-2H3. The lowest BCUT2D eigenvalue weighted by molar-refractivity contribution is -0.136. The van der Waals surface area contributed by atoms with Gasteiger partial charge in [0.15, 0.2) is 0 Å². The fourth-order valence-corrected chi connectivity index (χ4v) is 2.28. The largest absolute Gasteiger partial charge is 0.497 e. The van der Waals surface area contributed by atoms with E-state index < -0.39 is 0 Å². The fraction of sp³-hybridized carbons (Fsp3) is 0.533. The topological polar surface area (TPSA) is 48.0 Å². The Labute approximate surface area is 119 Å². The highest BCUT2D eigenvalue weighted by Gasteiger charge is 2.23. The SMILES string of the molecule is COCC(=O)N1CCC(Oc2ccc(OC)cc2)CC1. The molecule has 1 saturated heterocycles. The molecule has 20 heavy (non-hydrogen) atoms. The Kier molecular flexibility index (Phi) is 5.24. The van der Waals surface area contributed by atoms with Crippen LogP contribution < -0.4 is 9.47 Å². The van der Waals surface area contributed by atoms with Crippen molar-refractivity contribution < 1.29 is 19.0 Å². The van der Waals surface area contributed by atoms with E-state index >= 15 is 0 Å². The van der Waals surface area contributed by atoms with Gasteiger partial charge in [0, 0.05) is 33.0 Å². The van der Waals surface area contributed by atoms with Crippen molar-refractivity contribution in [1.29, 1.82) is 0 Å². The number of carbonyl (C=O) groups excluding carboxylic acids is 1. The van der Waals surface area contributed by atoms with Crippen LogP contribution in [0.15, 0.2) is 24.3 Å². The number of amides is 1. The summed E-state index contributed by atoms with van der Waals surface area (Å²) in [7, 11) is 3.18. The van der Waals surface area contributed by atoms with E-state index in [1.165, 1.54) is 7.11 Å². The highest BCUT2D eigenvalue weighted by Crippen LogP contribution is 2.21. The van der Waals surface area contributed by atoms with Crippen molar-refractivity contribution in [3.63, 3.8) is 0 Å². The molecule has 1 aliphatic heterocycles. The summed E-state index contributed by atoms with van der Waals surface area (Å²) in [5.41, 5.74) is 0. The first kappa shape index (κ1) is 14.7. The second-order valence-electron chi connectivity index (χ2n) is 4.81. The molecule has 0 aromatic heterocycles. The monoisotopic (exact) mass is 279 g/mol. The van der Waals surface area contributed by atoms with Gasteiger partial charge in [0.25, 0.3) is 0 Å². The Morgan fingerprint density at radius 2 is 1.75 bits per heavy atom. The number of likely N-dealkylation sites (tertiary alicyclic amines) is 1. The van der Waals surface area contributed by atoms with Gasteiger partial charge in [0.1, 0.15) is 24.2 Å². The van der Waals surface area contributed by atoms with Crippen molar-refractivity contribution >= 4 is 5.91 Å². The molecule has 1 aromatic carbocycles. The molecule has 0 N–H and O–H groups in total. The van der Waals surface area contributed by atoms with Gasteiger partial charge >= 0.3 is 0 Å². The summed E-state index contributed by atoms with van der Waals surface area (Å²) in [6.45, 7) is 1.61. The Bertz CT molecular complexity index is 424. The molecule has 1 aromatic rings. The molecule has 1 fully saturated rings. The zero-order valence-electron chi connectivity index (χ0n) is 12.0. The van der Waals surface area contributed by atoms with Gasteiger partial charge in [-0.25, -0.2) is 0 Å². The molecule has 1 heterocycles. The molecule has 0 spiro atoms. The molecule has 110 valence electrons. The van der Waals surface area contributed by atoms with Gasteiger partial charge < -0.3 is 19.1 Å². The highest BCUT2D eigenvalue weighted by molar-refractivity contribution is 5.77. The Morgan fingerprint density at radius 3 is 2.30 bits per heavy atom. The summed E-state index contributed by atoms with van der Waals surface area (Å²) in [6, 6.07) is 7.57. The van der Waals surface area contributed by atoms with Crippen LogP contribution in [0.4, 0.5) is 0 Å². The molecule has 0 bridgehead atoms. The first-order chi connectivity index (χ1) is 9.72. The van der Waals surface area contributed by atoms with Gasteiger partial charge in [0.05, 0.1) is 7.11 Å². The van der Waals surface area contributed by atoms with Crippen LogP contribution in [-0.4, -0.2) is 50.8 Å². The fourth-order valence-electron chi connectivity index (χ4n) is 2.28. The van der Waals surface area contributed by atoms with Crippen molar-refractivity contribution in [3.05, 3.63) is 24.3 Å². The number of hydrogen-bond acceptors (Lipinski definition) is 4. The summed E-state index contributed by atoms with van der Waals surface area (Å²) in [5, 5.41) is 0. The van der Waals surface area contributed by atoms with Gasteiger partial charge in [-0.1, -0.05) is 0 Å². The molecule has 0 radical (unpaired) electrons. The van der Waals surface area contributed by atoms with Gasteiger partial charge in [-0.05, 0) is 24.3 Å². The maximum atomic E-state index is 11.7. The molecule has 2 rings (SSSR count). The van der Waals surface area contributed by atoms with E-state index in [0.29, 0.717) is 0 Å². The predicted molar refractivity (Wildman–Crippen MR) is 75.1 cm³/mol. The van der Waals surface area contributed by atoms with Crippen LogP contribution in [0.3, 0.4) is 0 Å². The van der Waals surface area contributed by atoms with E-state index in [1.807, 2.05) is 29.2 Å². The van der Waals surface area contributed by atoms with Gasteiger partial charge in [-0.2, -0.15) is 0 Å². The van der Waals surface area contributed by atoms with E-state index in [0.717, 1.165) is 37.4 Å². The van der Waals surface area contributed by atoms with Crippen LogP contribution in [0.5, 0.6) is 11.5 Å². The Balaban J connectivity index is 1.80. The number of hydrogen-bond donors (Lipinski definition) is 0. The lowest BCUT2D eigenvalue weighted by Crippen LogP contribution is -2.43. The first-order valence-electron chi connectivity index (χ1n) is 6.80. The zero-order valence-corrected chi connectivity index (χ0v) is 12.0. The molecule has 0 unspecified atom stereocenters. The van der Waals surface area contributed by atoms with Gasteiger partial charge in [-0.3, -0.25) is 4.79 Å². The molecular weight excluding hydrogens is 258 g/mol. The summed E-state index contributed by atoms with van der Waals surface area (Å²) in [4.78, 5) is 13.5. The van der Waals surface area contributed by atoms with Crippen molar-refractivity contribution in [2.45, 2.75) is 18.9 Å². The summed E-state index contributed by atoms with van der Waals surface area (Å²) in [5.74, 6) is 1.71. The summed E-state index contributed by atoms with van der Waals surface area (Å²) < 4.78 is 15.9. The van der Waals surface area contributed by atoms with Crippen molar-refractivity contribution in [2.75, 3.05) is 33.9 Å². The Morgan fingerprint density at radius 1 is 1.15 bits per heavy atom. The number of piperidine rings is 1. The van der Waals surface area contributed by atoms with Crippen molar-refractivity contribution in [3.8, 4) is 11.5 Å². The van der Waals surface area contributed by atoms with Crippen molar-refractivity contribution in [2.24, 2.45) is 0 Å². The maximum Gasteiger partial charge on any atom is 0.248 e. The molecular formula is C15H21NO4. The average Bonchev–Trinajstić information content (AvgIpc) is 2.49. The number of carbonyl (C=O) groups is 1. The van der Waals surface area contributed by atoms with Crippen LogP contribution in [0.2, 0.25) is 0 Å². The van der Waals surface area contributed by atoms with Crippen molar-refractivity contribution in [1.82, 2.24) is 4.90 Å². The highest BCUT2D eigenvalue weighted by atomic mass is 16.5. The number of nitrogens with zero attached hydrogens (tertiary/aromatic N) is 1.